The van der Waals surface area contributed by atoms with Crippen LogP contribution in [-0.2, 0) is 9.53 Å². The Bertz CT molecular complexity index is 238. The van der Waals surface area contributed by atoms with Crippen LogP contribution >= 0.6 is 15.9 Å². The van der Waals surface area contributed by atoms with Gasteiger partial charge in [-0.15, -0.1) is 0 Å². The third-order valence-corrected chi connectivity index (χ3v) is 3.53. The lowest BCUT2D eigenvalue weighted by atomic mass is 10.1. The SMILES string of the molecule is CC(C)(C)OCC(=O)NCC1CCC(Br)C1. The number of alkyl halides is 1. The second-order valence-electron chi connectivity index (χ2n) is 5.48. The van der Waals surface area contributed by atoms with E-state index in [4.69, 9.17) is 4.74 Å². The van der Waals surface area contributed by atoms with Crippen molar-refractivity contribution in [1.82, 2.24) is 5.32 Å². The Morgan fingerprint density at radius 2 is 2.12 bits per heavy atom. The van der Waals surface area contributed by atoms with E-state index in [9.17, 15) is 4.79 Å². The molecule has 1 rings (SSSR count). The Balaban J connectivity index is 2.11. The van der Waals surface area contributed by atoms with Crippen molar-refractivity contribution in [2.45, 2.75) is 50.5 Å². The minimum Gasteiger partial charge on any atom is -0.366 e. The van der Waals surface area contributed by atoms with Crippen molar-refractivity contribution >= 4 is 21.8 Å². The highest BCUT2D eigenvalue weighted by Crippen LogP contribution is 2.29. The Hall–Kier alpha value is -0.0900. The number of nitrogens with one attached hydrogen (secondary N) is 1. The maximum Gasteiger partial charge on any atom is 0.246 e. The lowest BCUT2D eigenvalue weighted by Crippen LogP contribution is -2.34. The number of hydrogen-bond acceptors (Lipinski definition) is 2. The Labute approximate surface area is 106 Å². The summed E-state index contributed by atoms with van der Waals surface area (Å²) in [6.45, 7) is 6.80. The molecule has 4 heteroatoms. The predicted octanol–water partition coefficient (Wildman–Crippen LogP) is 2.48. The third kappa shape index (κ3) is 5.85. The molecule has 0 bridgehead atoms. The van der Waals surface area contributed by atoms with Gasteiger partial charge in [0.25, 0.3) is 0 Å². The van der Waals surface area contributed by atoms with E-state index in [1.165, 1.54) is 19.3 Å². The summed E-state index contributed by atoms with van der Waals surface area (Å²) in [5.74, 6) is 0.621. The highest BCUT2D eigenvalue weighted by molar-refractivity contribution is 9.09. The molecule has 0 radical (unpaired) electrons. The molecular weight excluding hydrogens is 270 g/mol. The van der Waals surface area contributed by atoms with Crippen molar-refractivity contribution in [2.24, 2.45) is 5.92 Å². The van der Waals surface area contributed by atoms with E-state index in [2.05, 4.69) is 21.2 Å². The van der Waals surface area contributed by atoms with Gasteiger partial charge < -0.3 is 10.1 Å². The average molecular weight is 292 g/mol. The third-order valence-electron chi connectivity index (χ3n) is 2.70. The van der Waals surface area contributed by atoms with Crippen LogP contribution in [0.1, 0.15) is 40.0 Å². The van der Waals surface area contributed by atoms with E-state index in [-0.39, 0.29) is 18.1 Å². The summed E-state index contributed by atoms with van der Waals surface area (Å²) < 4.78 is 5.41. The first kappa shape index (κ1) is 14.0. The monoisotopic (exact) mass is 291 g/mol. The fourth-order valence-electron chi connectivity index (χ4n) is 1.79. The van der Waals surface area contributed by atoms with Gasteiger partial charge in [-0.05, 0) is 46.0 Å². The second kappa shape index (κ2) is 6.01. The molecule has 0 aromatic carbocycles. The first-order valence-electron chi connectivity index (χ1n) is 5.91. The van der Waals surface area contributed by atoms with Gasteiger partial charge in [0.05, 0.1) is 5.60 Å². The first-order valence-corrected chi connectivity index (χ1v) is 6.83. The van der Waals surface area contributed by atoms with Gasteiger partial charge in [-0.1, -0.05) is 15.9 Å². The van der Waals surface area contributed by atoms with Crippen molar-refractivity contribution in [1.29, 1.82) is 0 Å². The summed E-state index contributed by atoms with van der Waals surface area (Å²) in [4.78, 5) is 12.1. The molecule has 1 amide bonds. The molecule has 0 saturated heterocycles. The van der Waals surface area contributed by atoms with E-state index in [0.29, 0.717) is 10.7 Å². The highest BCUT2D eigenvalue weighted by atomic mass is 79.9. The standard InChI is InChI=1S/C12H22BrNO2/c1-12(2,3)16-8-11(15)14-7-9-4-5-10(13)6-9/h9-10H,4-8H2,1-3H3,(H,14,15). The minimum atomic E-state index is -0.244. The molecule has 1 saturated carbocycles. The van der Waals surface area contributed by atoms with Gasteiger partial charge in [0.15, 0.2) is 0 Å². The second-order valence-corrected chi connectivity index (χ2v) is 6.78. The molecule has 1 aliphatic rings. The number of carbonyl (C=O) groups excluding carboxylic acids is 1. The Kier molecular flexibility index (Phi) is 5.25. The fourth-order valence-corrected chi connectivity index (χ4v) is 2.58. The maximum atomic E-state index is 11.5. The summed E-state index contributed by atoms with van der Waals surface area (Å²) in [7, 11) is 0. The van der Waals surface area contributed by atoms with Crippen LogP contribution < -0.4 is 5.32 Å². The van der Waals surface area contributed by atoms with Gasteiger partial charge >= 0.3 is 0 Å². The molecule has 0 spiro atoms. The van der Waals surface area contributed by atoms with Crippen LogP contribution in [-0.4, -0.2) is 29.5 Å². The smallest absolute Gasteiger partial charge is 0.246 e. The molecule has 1 aliphatic carbocycles. The van der Waals surface area contributed by atoms with Crippen LogP contribution in [0.4, 0.5) is 0 Å². The Morgan fingerprint density at radius 3 is 2.62 bits per heavy atom. The minimum absolute atomic E-state index is 0.00653. The zero-order chi connectivity index (χ0) is 12.2. The van der Waals surface area contributed by atoms with Gasteiger partial charge in [-0.25, -0.2) is 0 Å². The number of rotatable bonds is 4. The van der Waals surface area contributed by atoms with Crippen LogP contribution in [0.2, 0.25) is 0 Å². The molecule has 16 heavy (non-hydrogen) atoms. The number of carbonyl (C=O) groups is 1. The summed E-state index contributed by atoms with van der Waals surface area (Å²) in [6, 6.07) is 0. The molecule has 2 atom stereocenters. The summed E-state index contributed by atoms with van der Waals surface area (Å²) >= 11 is 3.61. The molecule has 0 aromatic heterocycles. The number of hydrogen-bond donors (Lipinski definition) is 1. The van der Waals surface area contributed by atoms with Gasteiger partial charge in [0.2, 0.25) is 5.91 Å². The van der Waals surface area contributed by atoms with Crippen molar-refractivity contribution < 1.29 is 9.53 Å². The molecule has 3 nitrogen and oxygen atoms in total. The molecule has 0 aromatic rings. The molecule has 94 valence electrons. The van der Waals surface area contributed by atoms with Crippen LogP contribution in [0, 0.1) is 5.92 Å². The molecule has 1 fully saturated rings. The quantitative estimate of drug-likeness (QED) is 0.808. The van der Waals surface area contributed by atoms with Crippen molar-refractivity contribution in [2.75, 3.05) is 13.2 Å². The number of amides is 1. The maximum absolute atomic E-state index is 11.5. The van der Waals surface area contributed by atoms with E-state index in [0.717, 1.165) is 6.54 Å². The van der Waals surface area contributed by atoms with Gasteiger partial charge in [-0.2, -0.15) is 0 Å². The largest absolute Gasteiger partial charge is 0.366 e. The fraction of sp³-hybridized carbons (Fsp3) is 0.917. The van der Waals surface area contributed by atoms with Crippen molar-refractivity contribution in [3.8, 4) is 0 Å². The lowest BCUT2D eigenvalue weighted by molar-refractivity contribution is -0.130. The highest BCUT2D eigenvalue weighted by Gasteiger charge is 2.22. The normalized spacial score (nSPS) is 25.8. The summed E-state index contributed by atoms with van der Waals surface area (Å²) in [5, 5.41) is 2.93. The molecule has 2 unspecified atom stereocenters. The summed E-state index contributed by atoms with van der Waals surface area (Å²) in [5.41, 5.74) is -0.244. The zero-order valence-electron chi connectivity index (χ0n) is 10.4. The predicted molar refractivity (Wildman–Crippen MR) is 68.8 cm³/mol. The zero-order valence-corrected chi connectivity index (χ0v) is 12.0. The summed E-state index contributed by atoms with van der Waals surface area (Å²) in [6.07, 6.45) is 3.59. The molecule has 1 N–H and O–H groups in total. The van der Waals surface area contributed by atoms with Crippen LogP contribution in [0.5, 0.6) is 0 Å². The Morgan fingerprint density at radius 1 is 1.44 bits per heavy atom. The molecule has 0 heterocycles. The van der Waals surface area contributed by atoms with Crippen molar-refractivity contribution in [3.05, 3.63) is 0 Å². The first-order chi connectivity index (χ1) is 7.37. The van der Waals surface area contributed by atoms with Gasteiger partial charge in [0, 0.05) is 11.4 Å². The van der Waals surface area contributed by atoms with E-state index in [1.807, 2.05) is 20.8 Å². The van der Waals surface area contributed by atoms with E-state index < -0.39 is 0 Å². The van der Waals surface area contributed by atoms with Gasteiger partial charge in [0.1, 0.15) is 6.61 Å². The van der Waals surface area contributed by atoms with Crippen LogP contribution in [0.3, 0.4) is 0 Å². The van der Waals surface area contributed by atoms with Crippen LogP contribution in [0.25, 0.3) is 0 Å². The molecular formula is C12H22BrNO2. The number of ether oxygens (including phenoxy) is 1. The lowest BCUT2D eigenvalue weighted by Gasteiger charge is -2.19. The molecule has 0 aliphatic heterocycles. The number of halogens is 1. The van der Waals surface area contributed by atoms with Crippen molar-refractivity contribution in [3.63, 3.8) is 0 Å². The van der Waals surface area contributed by atoms with E-state index in [1.54, 1.807) is 0 Å². The average Bonchev–Trinajstić information content (AvgIpc) is 2.57. The van der Waals surface area contributed by atoms with Gasteiger partial charge in [-0.3, -0.25) is 4.79 Å². The van der Waals surface area contributed by atoms with E-state index >= 15 is 0 Å². The topological polar surface area (TPSA) is 38.3 Å². The van der Waals surface area contributed by atoms with Crippen LogP contribution in [0.15, 0.2) is 0 Å².